The van der Waals surface area contributed by atoms with Gasteiger partial charge in [-0.3, -0.25) is 0 Å². The number of fused-ring (bicyclic) bond motifs is 1. The SMILES string of the molecule is CCOc1ccccc1C(O)C1C2CCCCC21. The lowest BCUT2D eigenvalue weighted by atomic mass is 10.0. The van der Waals surface area contributed by atoms with E-state index in [2.05, 4.69) is 0 Å². The average molecular weight is 246 g/mol. The predicted octanol–water partition coefficient (Wildman–Crippen LogP) is 3.55. The molecule has 0 spiro atoms. The van der Waals surface area contributed by atoms with Crippen molar-refractivity contribution >= 4 is 0 Å². The number of aliphatic hydroxyl groups is 1. The van der Waals surface area contributed by atoms with Crippen LogP contribution in [0.5, 0.6) is 5.75 Å². The Hall–Kier alpha value is -1.02. The van der Waals surface area contributed by atoms with E-state index in [0.29, 0.717) is 12.5 Å². The molecule has 18 heavy (non-hydrogen) atoms. The quantitative estimate of drug-likeness (QED) is 0.880. The molecule has 1 aromatic rings. The van der Waals surface area contributed by atoms with Crippen LogP contribution >= 0.6 is 0 Å². The van der Waals surface area contributed by atoms with Gasteiger partial charge in [-0.1, -0.05) is 31.0 Å². The minimum absolute atomic E-state index is 0.333. The summed E-state index contributed by atoms with van der Waals surface area (Å²) in [5.41, 5.74) is 0.985. The maximum absolute atomic E-state index is 10.6. The topological polar surface area (TPSA) is 29.5 Å². The number of hydrogen-bond donors (Lipinski definition) is 1. The Morgan fingerprint density at radius 1 is 1.22 bits per heavy atom. The van der Waals surface area contributed by atoms with Crippen LogP contribution in [0, 0.1) is 17.8 Å². The maximum atomic E-state index is 10.6. The molecule has 3 rings (SSSR count). The molecule has 2 heteroatoms. The van der Waals surface area contributed by atoms with E-state index in [0.717, 1.165) is 23.1 Å². The number of hydrogen-bond acceptors (Lipinski definition) is 2. The molecular weight excluding hydrogens is 224 g/mol. The van der Waals surface area contributed by atoms with Crippen LogP contribution in [-0.2, 0) is 0 Å². The summed E-state index contributed by atoms with van der Waals surface area (Å²) in [5.74, 6) is 2.87. The molecule has 1 aromatic carbocycles. The number of ether oxygens (including phenoxy) is 1. The molecule has 3 atom stereocenters. The van der Waals surface area contributed by atoms with Crippen molar-refractivity contribution in [3.8, 4) is 5.75 Å². The first-order valence-electron chi connectivity index (χ1n) is 7.22. The first-order valence-corrected chi connectivity index (χ1v) is 7.22. The van der Waals surface area contributed by atoms with Gasteiger partial charge in [0.25, 0.3) is 0 Å². The molecule has 0 radical (unpaired) electrons. The lowest BCUT2D eigenvalue weighted by Crippen LogP contribution is -2.06. The van der Waals surface area contributed by atoms with Crippen molar-refractivity contribution < 1.29 is 9.84 Å². The third kappa shape index (κ3) is 2.03. The summed E-state index contributed by atoms with van der Waals surface area (Å²) in [6.45, 7) is 2.64. The van der Waals surface area contributed by atoms with Crippen molar-refractivity contribution in [2.45, 2.75) is 38.7 Å². The number of para-hydroxylation sites is 1. The Morgan fingerprint density at radius 2 is 1.89 bits per heavy atom. The maximum Gasteiger partial charge on any atom is 0.125 e. The van der Waals surface area contributed by atoms with Gasteiger partial charge in [-0.2, -0.15) is 0 Å². The fourth-order valence-corrected chi connectivity index (χ4v) is 3.74. The van der Waals surface area contributed by atoms with Crippen molar-refractivity contribution in [1.82, 2.24) is 0 Å². The lowest BCUT2D eigenvalue weighted by molar-refractivity contribution is 0.137. The molecule has 2 saturated carbocycles. The highest BCUT2D eigenvalue weighted by Crippen LogP contribution is 2.60. The molecule has 3 unspecified atom stereocenters. The van der Waals surface area contributed by atoms with E-state index in [1.165, 1.54) is 25.7 Å². The van der Waals surface area contributed by atoms with E-state index < -0.39 is 0 Å². The van der Waals surface area contributed by atoms with Gasteiger partial charge in [0.2, 0.25) is 0 Å². The van der Waals surface area contributed by atoms with Gasteiger partial charge in [-0.25, -0.2) is 0 Å². The van der Waals surface area contributed by atoms with Crippen molar-refractivity contribution in [2.75, 3.05) is 6.61 Å². The van der Waals surface area contributed by atoms with Crippen LogP contribution < -0.4 is 4.74 Å². The van der Waals surface area contributed by atoms with E-state index in [1.807, 2.05) is 31.2 Å². The smallest absolute Gasteiger partial charge is 0.125 e. The van der Waals surface area contributed by atoms with Crippen molar-refractivity contribution in [3.63, 3.8) is 0 Å². The first-order chi connectivity index (χ1) is 8.83. The zero-order chi connectivity index (χ0) is 12.5. The highest BCUT2D eigenvalue weighted by atomic mass is 16.5. The summed E-state index contributed by atoms with van der Waals surface area (Å²) in [7, 11) is 0. The fourth-order valence-electron chi connectivity index (χ4n) is 3.74. The number of aliphatic hydroxyl groups excluding tert-OH is 1. The lowest BCUT2D eigenvalue weighted by Gasteiger charge is -2.15. The van der Waals surface area contributed by atoms with E-state index in [1.54, 1.807) is 0 Å². The zero-order valence-corrected chi connectivity index (χ0v) is 11.0. The Labute approximate surface area is 109 Å². The summed E-state index contributed by atoms with van der Waals surface area (Å²) in [4.78, 5) is 0. The van der Waals surface area contributed by atoms with Gasteiger partial charge in [0.1, 0.15) is 5.75 Å². The summed E-state index contributed by atoms with van der Waals surface area (Å²) in [6, 6.07) is 7.95. The number of rotatable bonds is 4. The summed E-state index contributed by atoms with van der Waals surface area (Å²) < 4.78 is 5.63. The standard InChI is InChI=1S/C16H22O2/c1-2-18-14-10-6-5-9-13(14)16(17)15-11-7-3-4-8-12(11)15/h5-6,9-12,15-17H,2-4,7-8H2,1H3. The van der Waals surface area contributed by atoms with Gasteiger partial charge in [-0.15, -0.1) is 0 Å². The van der Waals surface area contributed by atoms with Gasteiger partial charge in [0.15, 0.2) is 0 Å². The van der Waals surface area contributed by atoms with Gasteiger partial charge in [0.05, 0.1) is 12.7 Å². The second-order valence-corrected chi connectivity index (χ2v) is 5.61. The van der Waals surface area contributed by atoms with E-state index in [-0.39, 0.29) is 6.10 Å². The highest BCUT2D eigenvalue weighted by Gasteiger charge is 2.54. The summed E-state index contributed by atoms with van der Waals surface area (Å²) in [6.07, 6.45) is 4.97. The molecule has 2 fully saturated rings. The monoisotopic (exact) mass is 246 g/mol. The van der Waals surface area contributed by atoms with E-state index in [9.17, 15) is 5.11 Å². The Bertz CT molecular complexity index is 403. The highest BCUT2D eigenvalue weighted by molar-refractivity contribution is 5.36. The Kier molecular flexibility index (Phi) is 3.29. The molecule has 2 aliphatic rings. The minimum atomic E-state index is -0.333. The fraction of sp³-hybridized carbons (Fsp3) is 0.625. The predicted molar refractivity (Wildman–Crippen MR) is 71.5 cm³/mol. The largest absolute Gasteiger partial charge is 0.493 e. The molecular formula is C16H22O2. The normalized spacial score (nSPS) is 31.6. The molecule has 0 aliphatic heterocycles. The van der Waals surface area contributed by atoms with Crippen LogP contribution in [0.1, 0.15) is 44.3 Å². The van der Waals surface area contributed by atoms with Crippen LogP contribution in [0.25, 0.3) is 0 Å². The molecule has 0 bridgehead atoms. The molecule has 0 amide bonds. The minimum Gasteiger partial charge on any atom is -0.493 e. The van der Waals surface area contributed by atoms with Gasteiger partial charge in [-0.05, 0) is 43.6 Å². The van der Waals surface area contributed by atoms with Crippen molar-refractivity contribution in [1.29, 1.82) is 0 Å². The Morgan fingerprint density at radius 3 is 2.56 bits per heavy atom. The molecule has 0 aromatic heterocycles. The van der Waals surface area contributed by atoms with E-state index >= 15 is 0 Å². The molecule has 98 valence electrons. The van der Waals surface area contributed by atoms with Gasteiger partial charge >= 0.3 is 0 Å². The summed E-state index contributed by atoms with van der Waals surface area (Å²) in [5, 5.41) is 10.6. The van der Waals surface area contributed by atoms with Crippen molar-refractivity contribution in [2.24, 2.45) is 17.8 Å². The molecule has 0 saturated heterocycles. The van der Waals surface area contributed by atoms with Gasteiger partial charge < -0.3 is 9.84 Å². The number of benzene rings is 1. The molecule has 1 N–H and O–H groups in total. The average Bonchev–Trinajstić information content (AvgIpc) is 3.13. The van der Waals surface area contributed by atoms with Crippen LogP contribution in [-0.4, -0.2) is 11.7 Å². The molecule has 2 aliphatic carbocycles. The third-order valence-corrected chi connectivity index (χ3v) is 4.62. The second-order valence-electron chi connectivity index (χ2n) is 5.61. The molecule has 2 nitrogen and oxygen atoms in total. The van der Waals surface area contributed by atoms with Crippen LogP contribution in [0.2, 0.25) is 0 Å². The second kappa shape index (κ2) is 4.93. The van der Waals surface area contributed by atoms with E-state index in [4.69, 9.17) is 4.74 Å². The zero-order valence-electron chi connectivity index (χ0n) is 11.0. The van der Waals surface area contributed by atoms with Crippen LogP contribution in [0.3, 0.4) is 0 Å². The molecule has 0 heterocycles. The van der Waals surface area contributed by atoms with Crippen molar-refractivity contribution in [3.05, 3.63) is 29.8 Å². The summed E-state index contributed by atoms with van der Waals surface area (Å²) >= 11 is 0. The third-order valence-electron chi connectivity index (χ3n) is 4.62. The first kappa shape index (κ1) is 12.0. The van der Waals surface area contributed by atoms with Crippen LogP contribution in [0.4, 0.5) is 0 Å². The van der Waals surface area contributed by atoms with Crippen LogP contribution in [0.15, 0.2) is 24.3 Å². The van der Waals surface area contributed by atoms with Gasteiger partial charge in [0, 0.05) is 5.56 Å². The Balaban J connectivity index is 1.78.